The molecule has 0 fully saturated rings. The molecule has 0 atom stereocenters. The second kappa shape index (κ2) is 6.47. The van der Waals surface area contributed by atoms with Gasteiger partial charge in [0, 0.05) is 29.0 Å². The van der Waals surface area contributed by atoms with E-state index in [-0.39, 0.29) is 0 Å². The molecule has 0 aliphatic heterocycles. The molecule has 0 aliphatic rings. The van der Waals surface area contributed by atoms with Gasteiger partial charge in [-0.05, 0) is 35.9 Å². The summed E-state index contributed by atoms with van der Waals surface area (Å²) in [6, 6.07) is 17.8. The van der Waals surface area contributed by atoms with Crippen molar-refractivity contribution >= 4 is 50.1 Å². The number of amides is 1. The van der Waals surface area contributed by atoms with Gasteiger partial charge >= 0.3 is 0 Å². The lowest BCUT2D eigenvalue weighted by molar-refractivity contribution is 0.100. The van der Waals surface area contributed by atoms with Gasteiger partial charge in [0.05, 0.1) is 9.58 Å². The summed E-state index contributed by atoms with van der Waals surface area (Å²) in [7, 11) is 0. The van der Waals surface area contributed by atoms with E-state index in [2.05, 4.69) is 15.3 Å². The highest BCUT2D eigenvalue weighted by molar-refractivity contribution is 7.20. The number of hydrogen-bond donors (Lipinski definition) is 2. The van der Waals surface area contributed by atoms with E-state index in [1.54, 1.807) is 12.4 Å². The number of rotatable bonds is 4. The van der Waals surface area contributed by atoms with Crippen molar-refractivity contribution in [3.8, 4) is 11.1 Å². The molecule has 0 saturated heterocycles. The number of para-hydroxylation sites is 2. The van der Waals surface area contributed by atoms with Crippen LogP contribution in [0.1, 0.15) is 9.67 Å². The molecule has 0 spiro atoms. The Hall–Kier alpha value is -3.71. The minimum Gasteiger partial charge on any atom is -0.423 e. The summed E-state index contributed by atoms with van der Waals surface area (Å²) in [6.45, 7) is 0. The van der Waals surface area contributed by atoms with E-state index in [0.717, 1.165) is 38.0 Å². The van der Waals surface area contributed by atoms with Gasteiger partial charge in [-0.25, -0.2) is 0 Å². The van der Waals surface area contributed by atoms with Gasteiger partial charge in [-0.15, -0.1) is 11.3 Å². The van der Waals surface area contributed by atoms with Crippen molar-refractivity contribution in [1.29, 1.82) is 0 Å². The van der Waals surface area contributed by atoms with E-state index in [1.165, 1.54) is 11.3 Å². The molecular weight excluding hydrogens is 372 g/mol. The highest BCUT2D eigenvalue weighted by Crippen LogP contribution is 2.34. The molecular formula is C21H14N4O2S. The summed E-state index contributed by atoms with van der Waals surface area (Å²) in [4.78, 5) is 20.7. The van der Waals surface area contributed by atoms with Crippen molar-refractivity contribution in [2.45, 2.75) is 0 Å². The SMILES string of the molecule is NC(=O)c1cc2c(-c3ccc(Nc4nc5ccccc5o4)cc3)cncc2s1. The second-order valence-corrected chi connectivity index (χ2v) is 7.35. The van der Waals surface area contributed by atoms with Crippen molar-refractivity contribution in [2.24, 2.45) is 5.73 Å². The van der Waals surface area contributed by atoms with Crippen molar-refractivity contribution in [3.63, 3.8) is 0 Å². The largest absolute Gasteiger partial charge is 0.423 e. The number of primary amides is 1. The van der Waals surface area contributed by atoms with Crippen LogP contribution in [-0.4, -0.2) is 15.9 Å². The Bertz CT molecular complexity index is 1290. The summed E-state index contributed by atoms with van der Waals surface area (Å²) in [5.74, 6) is -0.426. The molecule has 3 heterocycles. The molecule has 28 heavy (non-hydrogen) atoms. The van der Waals surface area contributed by atoms with E-state index in [4.69, 9.17) is 10.2 Å². The highest BCUT2D eigenvalue weighted by Gasteiger charge is 2.12. The Balaban J connectivity index is 1.46. The first kappa shape index (κ1) is 16.5. The molecule has 6 nitrogen and oxygen atoms in total. The van der Waals surface area contributed by atoms with E-state index in [1.807, 2.05) is 54.6 Å². The third-order valence-corrected chi connectivity index (χ3v) is 5.51. The minimum absolute atomic E-state index is 0.426. The molecule has 0 unspecified atom stereocenters. The molecule has 136 valence electrons. The Kier molecular flexibility index (Phi) is 3.80. The molecule has 5 rings (SSSR count). The fourth-order valence-corrected chi connectivity index (χ4v) is 4.00. The first-order valence-corrected chi connectivity index (χ1v) is 9.39. The molecule has 3 aromatic heterocycles. The molecule has 0 bridgehead atoms. The maximum Gasteiger partial charge on any atom is 0.300 e. The Labute approximate surface area is 163 Å². The maximum absolute atomic E-state index is 11.5. The molecule has 1 amide bonds. The van der Waals surface area contributed by atoms with E-state index < -0.39 is 5.91 Å². The average molecular weight is 386 g/mol. The number of carbonyl (C=O) groups excluding carboxylic acids is 1. The zero-order valence-electron chi connectivity index (χ0n) is 14.5. The summed E-state index contributed by atoms with van der Waals surface area (Å²) in [5, 5.41) is 4.14. The number of fused-ring (bicyclic) bond motifs is 2. The predicted octanol–water partition coefficient (Wildman–Crippen LogP) is 4.95. The fraction of sp³-hybridized carbons (Fsp3) is 0. The number of nitrogens with one attached hydrogen (secondary N) is 1. The molecule has 3 N–H and O–H groups in total. The Morgan fingerprint density at radius 1 is 1.07 bits per heavy atom. The van der Waals surface area contributed by atoms with Gasteiger partial charge in [-0.2, -0.15) is 4.98 Å². The smallest absolute Gasteiger partial charge is 0.300 e. The summed E-state index contributed by atoms with van der Waals surface area (Å²) in [5.41, 5.74) is 9.77. The molecule has 0 radical (unpaired) electrons. The van der Waals surface area contributed by atoms with Gasteiger partial charge in [0.1, 0.15) is 5.52 Å². The lowest BCUT2D eigenvalue weighted by atomic mass is 10.0. The van der Waals surface area contributed by atoms with Gasteiger partial charge in [-0.1, -0.05) is 24.3 Å². The lowest BCUT2D eigenvalue weighted by Crippen LogP contribution is -2.08. The quantitative estimate of drug-likeness (QED) is 0.456. The maximum atomic E-state index is 11.5. The summed E-state index contributed by atoms with van der Waals surface area (Å²) < 4.78 is 6.63. The number of aromatic nitrogens is 2. The van der Waals surface area contributed by atoms with Crippen molar-refractivity contribution < 1.29 is 9.21 Å². The van der Waals surface area contributed by atoms with Crippen LogP contribution >= 0.6 is 11.3 Å². The Morgan fingerprint density at radius 3 is 2.68 bits per heavy atom. The van der Waals surface area contributed by atoms with Crippen LogP contribution in [0.3, 0.4) is 0 Å². The standard InChI is InChI=1S/C21H14N4O2S/c22-20(26)18-9-14-15(10-23-11-19(14)28-18)12-5-7-13(8-6-12)24-21-25-16-3-1-2-4-17(16)27-21/h1-11H,(H2,22,26)(H,24,25). The van der Waals surface area contributed by atoms with E-state index in [0.29, 0.717) is 10.9 Å². The third kappa shape index (κ3) is 2.87. The third-order valence-electron chi connectivity index (χ3n) is 4.43. The minimum atomic E-state index is -0.426. The Morgan fingerprint density at radius 2 is 1.89 bits per heavy atom. The second-order valence-electron chi connectivity index (χ2n) is 6.26. The lowest BCUT2D eigenvalue weighted by Gasteiger charge is -2.06. The number of hydrogen-bond acceptors (Lipinski definition) is 6. The number of benzene rings is 2. The summed E-state index contributed by atoms with van der Waals surface area (Å²) >= 11 is 1.35. The van der Waals surface area contributed by atoms with Crippen LogP contribution in [0.5, 0.6) is 0 Å². The first-order chi connectivity index (χ1) is 13.7. The fourth-order valence-electron chi connectivity index (χ4n) is 3.09. The van der Waals surface area contributed by atoms with Gasteiger partial charge < -0.3 is 15.5 Å². The summed E-state index contributed by atoms with van der Waals surface area (Å²) in [6.07, 6.45) is 3.54. The van der Waals surface area contributed by atoms with Crippen molar-refractivity contribution in [2.75, 3.05) is 5.32 Å². The van der Waals surface area contributed by atoms with Crippen LogP contribution in [0.25, 0.3) is 32.3 Å². The van der Waals surface area contributed by atoms with Crippen LogP contribution in [0.4, 0.5) is 11.7 Å². The first-order valence-electron chi connectivity index (χ1n) is 8.58. The highest BCUT2D eigenvalue weighted by atomic mass is 32.1. The number of anilines is 2. The van der Waals surface area contributed by atoms with E-state index >= 15 is 0 Å². The number of carbonyl (C=O) groups is 1. The van der Waals surface area contributed by atoms with Gasteiger partial charge in [0.2, 0.25) is 0 Å². The van der Waals surface area contributed by atoms with Crippen LogP contribution in [0, 0.1) is 0 Å². The zero-order valence-corrected chi connectivity index (χ0v) is 15.4. The van der Waals surface area contributed by atoms with E-state index in [9.17, 15) is 4.79 Å². The van der Waals surface area contributed by atoms with Crippen LogP contribution < -0.4 is 11.1 Å². The van der Waals surface area contributed by atoms with Crippen LogP contribution in [-0.2, 0) is 0 Å². The molecule has 0 aliphatic carbocycles. The number of pyridine rings is 1. The van der Waals surface area contributed by atoms with Crippen LogP contribution in [0.15, 0.2) is 71.4 Å². The molecule has 7 heteroatoms. The van der Waals surface area contributed by atoms with Gasteiger partial charge in [0.25, 0.3) is 11.9 Å². The predicted molar refractivity (Wildman–Crippen MR) is 111 cm³/mol. The average Bonchev–Trinajstić information content (AvgIpc) is 3.32. The van der Waals surface area contributed by atoms with Crippen molar-refractivity contribution in [1.82, 2.24) is 9.97 Å². The number of oxazole rings is 1. The molecule has 2 aromatic carbocycles. The topological polar surface area (TPSA) is 94.0 Å². The normalized spacial score (nSPS) is 11.1. The molecule has 5 aromatic rings. The monoisotopic (exact) mass is 386 g/mol. The van der Waals surface area contributed by atoms with Crippen LogP contribution in [0.2, 0.25) is 0 Å². The van der Waals surface area contributed by atoms with Crippen molar-refractivity contribution in [3.05, 3.63) is 71.9 Å². The number of thiophene rings is 1. The van der Waals surface area contributed by atoms with Gasteiger partial charge in [0.15, 0.2) is 5.58 Å². The number of nitrogens with two attached hydrogens (primary N) is 1. The van der Waals surface area contributed by atoms with Gasteiger partial charge in [-0.3, -0.25) is 9.78 Å². The zero-order chi connectivity index (χ0) is 19.1. The number of nitrogens with zero attached hydrogens (tertiary/aromatic N) is 2. The molecule has 0 saturated carbocycles.